The van der Waals surface area contributed by atoms with E-state index in [0.29, 0.717) is 12.8 Å². The van der Waals surface area contributed by atoms with Gasteiger partial charge in [-0.2, -0.15) is 0 Å². The van der Waals surface area contributed by atoms with E-state index in [9.17, 15) is 4.79 Å². The minimum absolute atomic E-state index is 0.107. The van der Waals surface area contributed by atoms with Gasteiger partial charge in [0, 0.05) is 0 Å². The van der Waals surface area contributed by atoms with Gasteiger partial charge in [0.1, 0.15) is 0 Å². The molecule has 0 saturated heterocycles. The fraction of sp³-hybridized carbons (Fsp3) is 0.174. The van der Waals surface area contributed by atoms with E-state index in [1.807, 2.05) is 61.5 Å². The molecule has 0 aliphatic rings. The molecule has 3 heteroatoms. The van der Waals surface area contributed by atoms with E-state index in [1.165, 1.54) is 0 Å². The average molecular weight is 364 g/mol. The van der Waals surface area contributed by atoms with E-state index in [1.54, 1.807) is 0 Å². The minimum atomic E-state index is -3.45. The van der Waals surface area contributed by atoms with Crippen molar-refractivity contribution in [3.63, 3.8) is 0 Å². The Hall–Kier alpha value is -2.44. The van der Waals surface area contributed by atoms with Crippen LogP contribution in [0.25, 0.3) is 0 Å². The van der Waals surface area contributed by atoms with Crippen molar-refractivity contribution in [1.82, 2.24) is 0 Å². The molecule has 3 aromatic carbocycles. The van der Waals surface area contributed by atoms with Crippen molar-refractivity contribution in [3.05, 3.63) is 91.0 Å². The van der Waals surface area contributed by atoms with Gasteiger partial charge in [0.2, 0.25) is 0 Å². The topological polar surface area (TPSA) is 26.3 Å². The first-order valence-electron chi connectivity index (χ1n) is 9.05. The average Bonchev–Trinajstić information content (AvgIpc) is 2.72. The zero-order valence-electron chi connectivity index (χ0n) is 15.3. The van der Waals surface area contributed by atoms with Crippen LogP contribution in [0, 0.1) is 0 Å². The van der Waals surface area contributed by atoms with Gasteiger partial charge in [-0.05, 0) is 0 Å². The molecule has 3 rings (SSSR count). The third-order valence-corrected chi connectivity index (χ3v) is 11.8. The number of benzene rings is 3. The Morgan fingerprint density at radius 1 is 0.692 bits per heavy atom. The standard InChI is InChI=1S/C23H25O2P/c1-3-25-23(24)26(4-2,20-14-8-5-9-15-20,21-16-10-6-11-17-21)22-18-12-7-13-19-22/h5-19H,3-4H2,1-2H3. The van der Waals surface area contributed by atoms with Crippen LogP contribution in [0.5, 0.6) is 0 Å². The maximum atomic E-state index is 13.9. The first-order valence-corrected chi connectivity index (χ1v) is 11.5. The van der Waals surface area contributed by atoms with Crippen LogP contribution in [0.3, 0.4) is 0 Å². The molecule has 0 aliphatic carbocycles. The molecular weight excluding hydrogens is 339 g/mol. The SMILES string of the molecule is CCOC(=O)P(CC)(c1ccccc1)(c1ccccc1)c1ccccc1. The van der Waals surface area contributed by atoms with Gasteiger partial charge >= 0.3 is 155 Å². The molecule has 2 nitrogen and oxygen atoms in total. The van der Waals surface area contributed by atoms with Crippen molar-refractivity contribution in [2.45, 2.75) is 13.8 Å². The van der Waals surface area contributed by atoms with Gasteiger partial charge in [-0.25, -0.2) is 0 Å². The van der Waals surface area contributed by atoms with E-state index in [-0.39, 0.29) is 5.71 Å². The molecule has 0 heterocycles. The van der Waals surface area contributed by atoms with Crippen LogP contribution in [0.4, 0.5) is 4.79 Å². The first kappa shape index (κ1) is 18.4. The molecule has 0 spiro atoms. The van der Waals surface area contributed by atoms with E-state index < -0.39 is 6.60 Å². The molecule has 0 atom stereocenters. The molecule has 134 valence electrons. The van der Waals surface area contributed by atoms with Gasteiger partial charge in [0.15, 0.2) is 0 Å². The quantitative estimate of drug-likeness (QED) is 0.593. The van der Waals surface area contributed by atoms with Crippen LogP contribution in [-0.4, -0.2) is 18.5 Å². The van der Waals surface area contributed by atoms with E-state index in [0.717, 1.165) is 15.9 Å². The fourth-order valence-corrected chi connectivity index (χ4v) is 9.76. The zero-order valence-corrected chi connectivity index (χ0v) is 16.2. The molecule has 0 N–H and O–H groups in total. The Kier molecular flexibility index (Phi) is 5.25. The summed E-state index contributed by atoms with van der Waals surface area (Å²) in [5, 5.41) is 3.16. The Balaban J connectivity index is 2.53. The summed E-state index contributed by atoms with van der Waals surface area (Å²) in [5.41, 5.74) is -0.107. The summed E-state index contributed by atoms with van der Waals surface area (Å²) in [7, 11) is 0. The molecule has 0 radical (unpaired) electrons. The van der Waals surface area contributed by atoms with Gasteiger partial charge in [0.25, 0.3) is 0 Å². The predicted molar refractivity (Wildman–Crippen MR) is 113 cm³/mol. The summed E-state index contributed by atoms with van der Waals surface area (Å²) in [6.45, 7) is 0.904. The van der Waals surface area contributed by atoms with Crippen LogP contribution < -0.4 is 15.9 Å². The number of carbonyl (C=O) groups is 1. The summed E-state index contributed by atoms with van der Waals surface area (Å²) in [4.78, 5) is 13.9. The van der Waals surface area contributed by atoms with Crippen molar-refractivity contribution in [2.75, 3.05) is 12.8 Å². The second kappa shape index (κ2) is 7.43. The number of carbonyl (C=O) groups excluding carboxylic acids is 1. The van der Waals surface area contributed by atoms with Crippen LogP contribution in [-0.2, 0) is 4.74 Å². The van der Waals surface area contributed by atoms with Crippen LogP contribution in [0.2, 0.25) is 0 Å². The molecule has 0 bridgehead atoms. The predicted octanol–water partition coefficient (Wildman–Crippen LogP) is 4.69. The van der Waals surface area contributed by atoms with Crippen LogP contribution >= 0.6 is 6.60 Å². The number of rotatable bonds is 6. The monoisotopic (exact) mass is 364 g/mol. The molecule has 0 unspecified atom stereocenters. The van der Waals surface area contributed by atoms with Crippen LogP contribution in [0.15, 0.2) is 91.0 Å². The summed E-state index contributed by atoms with van der Waals surface area (Å²) >= 11 is 0. The van der Waals surface area contributed by atoms with E-state index in [2.05, 4.69) is 43.3 Å². The Labute approximate surface area is 155 Å². The molecule has 3 aromatic rings. The number of ether oxygens (including phenoxy) is 1. The molecule has 0 aromatic heterocycles. The Morgan fingerprint density at radius 2 is 1.04 bits per heavy atom. The van der Waals surface area contributed by atoms with Crippen molar-refractivity contribution >= 4 is 28.2 Å². The zero-order chi connectivity index (χ0) is 18.5. The second-order valence-electron chi connectivity index (χ2n) is 6.33. The van der Waals surface area contributed by atoms with Crippen molar-refractivity contribution < 1.29 is 9.53 Å². The molecule has 26 heavy (non-hydrogen) atoms. The second-order valence-corrected chi connectivity index (χ2v) is 11.5. The van der Waals surface area contributed by atoms with E-state index in [4.69, 9.17) is 4.74 Å². The van der Waals surface area contributed by atoms with Crippen molar-refractivity contribution in [3.8, 4) is 0 Å². The van der Waals surface area contributed by atoms with Gasteiger partial charge in [0.05, 0.1) is 0 Å². The molecule has 0 amide bonds. The van der Waals surface area contributed by atoms with Crippen molar-refractivity contribution in [1.29, 1.82) is 0 Å². The van der Waals surface area contributed by atoms with Gasteiger partial charge in [-0.3, -0.25) is 0 Å². The fourth-order valence-electron chi connectivity index (χ4n) is 3.98. The maximum absolute atomic E-state index is 13.9. The molecule has 0 saturated carbocycles. The van der Waals surface area contributed by atoms with Crippen LogP contribution in [0.1, 0.15) is 13.8 Å². The number of hydrogen-bond donors (Lipinski definition) is 0. The van der Waals surface area contributed by atoms with Crippen molar-refractivity contribution in [2.24, 2.45) is 0 Å². The molecular formula is C23H25O2P. The molecule has 0 aliphatic heterocycles. The normalized spacial score (nSPS) is 12.8. The Bertz CT molecular complexity index is 761. The number of hydrogen-bond acceptors (Lipinski definition) is 2. The summed E-state index contributed by atoms with van der Waals surface area (Å²) in [6, 6.07) is 30.5. The summed E-state index contributed by atoms with van der Waals surface area (Å²) in [6.07, 6.45) is 0.683. The third kappa shape index (κ3) is 2.48. The summed E-state index contributed by atoms with van der Waals surface area (Å²) in [5.74, 6) is 0. The third-order valence-electron chi connectivity index (χ3n) is 5.28. The van der Waals surface area contributed by atoms with Gasteiger partial charge < -0.3 is 0 Å². The summed E-state index contributed by atoms with van der Waals surface area (Å²) < 4.78 is 5.78. The Morgan fingerprint density at radius 3 is 1.31 bits per heavy atom. The van der Waals surface area contributed by atoms with E-state index >= 15 is 0 Å². The molecule has 0 fully saturated rings. The van der Waals surface area contributed by atoms with Gasteiger partial charge in [-0.1, -0.05) is 0 Å². The first-order chi connectivity index (χ1) is 12.7. The van der Waals surface area contributed by atoms with Gasteiger partial charge in [-0.15, -0.1) is 0 Å².